The molecule has 0 aromatic carbocycles. The Kier molecular flexibility index (Phi) is 6.35. The number of carbonyl (C=O) groups is 2. The van der Waals surface area contributed by atoms with E-state index in [2.05, 4.69) is 5.32 Å². The average Bonchev–Trinajstić information content (AvgIpc) is 3.31. The Balaban J connectivity index is 1.87. The molecule has 0 heterocycles. The fourth-order valence-electron chi connectivity index (χ4n) is 3.36. The Morgan fingerprint density at radius 1 is 1.04 bits per heavy atom. The van der Waals surface area contributed by atoms with E-state index in [1.165, 1.54) is 0 Å². The average molecular weight is 354 g/mol. The topological polar surface area (TPSA) is 84.7 Å². The third-order valence-corrected chi connectivity index (χ3v) is 5.00. The number of ether oxygens (including phenoxy) is 1. The molecule has 2 amide bonds. The number of nitrogens with two attached hydrogens (primary N) is 1. The van der Waals surface area contributed by atoms with E-state index in [0.717, 1.165) is 38.5 Å². The summed E-state index contributed by atoms with van der Waals surface area (Å²) < 4.78 is 5.60. The number of hydrogen-bond acceptors (Lipinski definition) is 4. The van der Waals surface area contributed by atoms with Crippen LogP contribution in [0.5, 0.6) is 0 Å². The molecule has 0 unspecified atom stereocenters. The summed E-state index contributed by atoms with van der Waals surface area (Å²) in [6.07, 6.45) is 5.51. The van der Waals surface area contributed by atoms with Crippen molar-refractivity contribution in [1.82, 2.24) is 10.2 Å². The molecule has 2 fully saturated rings. The number of hydrogen-bond donors (Lipinski definition) is 2. The lowest BCUT2D eigenvalue weighted by Crippen LogP contribution is -2.51. The zero-order valence-electron chi connectivity index (χ0n) is 16.4. The van der Waals surface area contributed by atoms with E-state index >= 15 is 0 Å². The van der Waals surface area contributed by atoms with Crippen molar-refractivity contribution in [3.63, 3.8) is 0 Å². The Labute approximate surface area is 151 Å². The highest BCUT2D eigenvalue weighted by molar-refractivity contribution is 5.82. The summed E-state index contributed by atoms with van der Waals surface area (Å²) in [6, 6.07) is 0.255. The lowest BCUT2D eigenvalue weighted by Gasteiger charge is -2.38. The number of amides is 2. The van der Waals surface area contributed by atoms with Gasteiger partial charge < -0.3 is 20.7 Å². The Hall–Kier alpha value is -1.30. The SMILES string of the molecule is CC(C)[C@H](N)C(=O)NC1CCC(N(C(=O)OC(C)(C)C)C2CC2)CC1. The van der Waals surface area contributed by atoms with Gasteiger partial charge in [0.2, 0.25) is 5.91 Å². The summed E-state index contributed by atoms with van der Waals surface area (Å²) in [5, 5.41) is 3.07. The lowest BCUT2D eigenvalue weighted by molar-refractivity contribution is -0.124. The fourth-order valence-corrected chi connectivity index (χ4v) is 3.36. The molecule has 0 bridgehead atoms. The second kappa shape index (κ2) is 7.94. The maximum absolute atomic E-state index is 12.6. The number of rotatable bonds is 5. The van der Waals surface area contributed by atoms with Gasteiger partial charge in [-0.25, -0.2) is 4.79 Å². The van der Waals surface area contributed by atoms with Crippen molar-refractivity contribution in [3.05, 3.63) is 0 Å². The molecule has 2 saturated carbocycles. The number of carbonyl (C=O) groups excluding carboxylic acids is 2. The Morgan fingerprint density at radius 3 is 1.92 bits per heavy atom. The molecule has 2 rings (SSSR count). The Bertz CT molecular complexity index is 475. The maximum atomic E-state index is 12.6. The molecule has 6 nitrogen and oxygen atoms in total. The van der Waals surface area contributed by atoms with E-state index in [1.807, 2.05) is 39.5 Å². The van der Waals surface area contributed by atoms with E-state index in [1.54, 1.807) is 0 Å². The van der Waals surface area contributed by atoms with Gasteiger partial charge in [0, 0.05) is 18.1 Å². The molecule has 0 aliphatic heterocycles. The zero-order valence-corrected chi connectivity index (χ0v) is 16.4. The Morgan fingerprint density at radius 2 is 1.52 bits per heavy atom. The van der Waals surface area contributed by atoms with Gasteiger partial charge in [-0.15, -0.1) is 0 Å². The van der Waals surface area contributed by atoms with Crippen LogP contribution < -0.4 is 11.1 Å². The van der Waals surface area contributed by atoms with Crippen LogP contribution in [0.2, 0.25) is 0 Å². The first kappa shape index (κ1) is 20.0. The van der Waals surface area contributed by atoms with Crippen molar-refractivity contribution in [1.29, 1.82) is 0 Å². The van der Waals surface area contributed by atoms with Crippen LogP contribution in [0.3, 0.4) is 0 Å². The molecule has 144 valence electrons. The molecule has 2 aliphatic rings. The predicted molar refractivity (Wildman–Crippen MR) is 98.1 cm³/mol. The van der Waals surface area contributed by atoms with Crippen LogP contribution in [0.1, 0.15) is 73.1 Å². The van der Waals surface area contributed by atoms with Gasteiger partial charge in [-0.05, 0) is 65.2 Å². The van der Waals surface area contributed by atoms with Gasteiger partial charge in [-0.2, -0.15) is 0 Å². The fraction of sp³-hybridized carbons (Fsp3) is 0.895. The third-order valence-electron chi connectivity index (χ3n) is 5.00. The van der Waals surface area contributed by atoms with E-state index < -0.39 is 11.6 Å². The van der Waals surface area contributed by atoms with Crippen molar-refractivity contribution in [2.75, 3.05) is 0 Å². The molecule has 25 heavy (non-hydrogen) atoms. The minimum Gasteiger partial charge on any atom is -0.444 e. The van der Waals surface area contributed by atoms with Crippen molar-refractivity contribution in [2.24, 2.45) is 11.7 Å². The van der Waals surface area contributed by atoms with Crippen LogP contribution in [0, 0.1) is 5.92 Å². The van der Waals surface area contributed by atoms with Crippen LogP contribution in [-0.4, -0.2) is 46.7 Å². The van der Waals surface area contributed by atoms with Gasteiger partial charge in [0.25, 0.3) is 0 Å². The molecule has 2 aliphatic carbocycles. The summed E-state index contributed by atoms with van der Waals surface area (Å²) >= 11 is 0. The molecular weight excluding hydrogens is 318 g/mol. The molecule has 0 radical (unpaired) electrons. The summed E-state index contributed by atoms with van der Waals surface area (Å²) in [5.74, 6) is 0.0681. The summed E-state index contributed by atoms with van der Waals surface area (Å²) in [5.41, 5.74) is 5.45. The van der Waals surface area contributed by atoms with Crippen molar-refractivity contribution in [2.45, 2.75) is 103 Å². The molecule has 3 N–H and O–H groups in total. The van der Waals surface area contributed by atoms with Gasteiger partial charge in [0.1, 0.15) is 5.60 Å². The minimum absolute atomic E-state index is 0.0651. The van der Waals surface area contributed by atoms with Gasteiger partial charge in [0.15, 0.2) is 0 Å². The number of nitrogens with zero attached hydrogens (tertiary/aromatic N) is 1. The van der Waals surface area contributed by atoms with Gasteiger partial charge in [-0.3, -0.25) is 4.79 Å². The smallest absolute Gasteiger partial charge is 0.410 e. The molecule has 1 atom stereocenters. The minimum atomic E-state index is -0.470. The highest BCUT2D eigenvalue weighted by Gasteiger charge is 2.41. The first-order valence-electron chi connectivity index (χ1n) is 9.65. The highest BCUT2D eigenvalue weighted by Crippen LogP contribution is 2.35. The summed E-state index contributed by atoms with van der Waals surface area (Å²) in [4.78, 5) is 26.7. The number of nitrogens with one attached hydrogen (secondary N) is 1. The third kappa shape index (κ3) is 5.87. The van der Waals surface area contributed by atoms with Crippen LogP contribution in [0.4, 0.5) is 4.79 Å². The highest BCUT2D eigenvalue weighted by atomic mass is 16.6. The molecule has 0 aromatic rings. The second-order valence-corrected chi connectivity index (χ2v) is 8.90. The molecule has 0 spiro atoms. The predicted octanol–water partition coefficient (Wildman–Crippen LogP) is 2.80. The summed E-state index contributed by atoms with van der Waals surface area (Å²) in [6.45, 7) is 9.62. The molecule has 0 saturated heterocycles. The van der Waals surface area contributed by atoms with E-state index in [-0.39, 0.29) is 30.0 Å². The first-order chi connectivity index (χ1) is 11.6. The van der Waals surface area contributed by atoms with Gasteiger partial charge in [-0.1, -0.05) is 13.8 Å². The zero-order chi connectivity index (χ0) is 18.8. The van der Waals surface area contributed by atoms with Crippen LogP contribution in [0.15, 0.2) is 0 Å². The van der Waals surface area contributed by atoms with Crippen molar-refractivity contribution < 1.29 is 14.3 Å². The quantitative estimate of drug-likeness (QED) is 0.796. The largest absolute Gasteiger partial charge is 0.444 e. The summed E-state index contributed by atoms with van der Waals surface area (Å²) in [7, 11) is 0. The van der Waals surface area contributed by atoms with Crippen molar-refractivity contribution >= 4 is 12.0 Å². The monoisotopic (exact) mass is 353 g/mol. The van der Waals surface area contributed by atoms with Gasteiger partial charge in [0.05, 0.1) is 6.04 Å². The first-order valence-corrected chi connectivity index (χ1v) is 9.65. The molecular formula is C19H35N3O3. The van der Waals surface area contributed by atoms with Crippen molar-refractivity contribution in [3.8, 4) is 0 Å². The maximum Gasteiger partial charge on any atom is 0.410 e. The van der Waals surface area contributed by atoms with E-state index in [9.17, 15) is 9.59 Å². The standard InChI is InChI=1S/C19H35N3O3/c1-12(2)16(20)17(23)21-13-6-8-14(9-7-13)22(15-10-11-15)18(24)25-19(3,4)5/h12-16H,6-11,20H2,1-5H3,(H,21,23)/t13?,14?,16-/m0/s1. The van der Waals surface area contributed by atoms with Crippen LogP contribution in [0.25, 0.3) is 0 Å². The molecule has 6 heteroatoms. The molecule has 0 aromatic heterocycles. The second-order valence-electron chi connectivity index (χ2n) is 8.90. The van der Waals surface area contributed by atoms with E-state index in [0.29, 0.717) is 6.04 Å². The van der Waals surface area contributed by atoms with E-state index in [4.69, 9.17) is 10.5 Å². The van der Waals surface area contributed by atoms with Crippen LogP contribution >= 0.6 is 0 Å². The van der Waals surface area contributed by atoms with Crippen LogP contribution in [-0.2, 0) is 9.53 Å². The normalized spacial score (nSPS) is 25.4. The lowest BCUT2D eigenvalue weighted by atomic mass is 9.89. The van der Waals surface area contributed by atoms with Gasteiger partial charge >= 0.3 is 6.09 Å².